The maximum Gasteiger partial charge on any atom is 0.130 e. The van der Waals surface area contributed by atoms with Crippen LogP contribution in [0.5, 0.6) is 0 Å². The van der Waals surface area contributed by atoms with Gasteiger partial charge in [0.05, 0.1) is 18.0 Å². The van der Waals surface area contributed by atoms with Gasteiger partial charge in [0.1, 0.15) is 5.41 Å². The van der Waals surface area contributed by atoms with Gasteiger partial charge in [-0.3, -0.25) is 9.97 Å². The first kappa shape index (κ1) is 16.0. The smallest absolute Gasteiger partial charge is 0.130 e. The summed E-state index contributed by atoms with van der Waals surface area (Å²) in [5.74, 6) is 0. The van der Waals surface area contributed by atoms with Crippen molar-refractivity contribution in [1.82, 2.24) is 9.97 Å². The van der Waals surface area contributed by atoms with Crippen LogP contribution in [0.3, 0.4) is 0 Å². The maximum atomic E-state index is 10.3. The number of hydrogen-bond acceptors (Lipinski definition) is 3. The molecule has 0 aliphatic carbocycles. The summed E-state index contributed by atoms with van der Waals surface area (Å²) in [6.07, 6.45) is 5.52. The van der Waals surface area contributed by atoms with Crippen molar-refractivity contribution in [2.24, 2.45) is 0 Å². The molecule has 1 heterocycles. The van der Waals surface area contributed by atoms with Gasteiger partial charge >= 0.3 is 0 Å². The molecule has 3 heteroatoms. The third kappa shape index (κ3) is 2.82. The first-order valence-electron chi connectivity index (χ1n) is 8.53. The van der Waals surface area contributed by atoms with Crippen molar-refractivity contribution in [2.45, 2.75) is 11.8 Å². The van der Waals surface area contributed by atoms with Crippen molar-refractivity contribution < 1.29 is 0 Å². The topological polar surface area (TPSA) is 49.6 Å². The Morgan fingerprint density at radius 1 is 0.846 bits per heavy atom. The fourth-order valence-corrected chi connectivity index (χ4v) is 3.38. The van der Waals surface area contributed by atoms with E-state index in [1.807, 2.05) is 48.5 Å². The van der Waals surface area contributed by atoms with Crippen LogP contribution in [0.15, 0.2) is 91.4 Å². The number of aromatic nitrogens is 2. The first-order valence-corrected chi connectivity index (χ1v) is 8.53. The van der Waals surface area contributed by atoms with Gasteiger partial charge in [-0.05, 0) is 28.0 Å². The molecule has 0 amide bonds. The monoisotopic (exact) mass is 335 g/mol. The SMILES string of the molecule is N#CC(Cc1ccccc1)(c1ccc2ccccc2c1)c1cnccn1. The minimum atomic E-state index is -0.889. The van der Waals surface area contributed by atoms with E-state index in [9.17, 15) is 5.26 Å². The predicted molar refractivity (Wildman–Crippen MR) is 103 cm³/mol. The molecular formula is C23H17N3. The van der Waals surface area contributed by atoms with Crippen molar-refractivity contribution in [3.63, 3.8) is 0 Å². The maximum absolute atomic E-state index is 10.3. The lowest BCUT2D eigenvalue weighted by Crippen LogP contribution is -2.30. The molecule has 0 N–H and O–H groups in total. The number of nitrogens with zero attached hydrogens (tertiary/aromatic N) is 3. The van der Waals surface area contributed by atoms with Gasteiger partial charge in [-0.2, -0.15) is 5.26 Å². The average Bonchev–Trinajstić information content (AvgIpc) is 2.73. The highest BCUT2D eigenvalue weighted by Gasteiger charge is 2.36. The molecule has 3 nitrogen and oxygen atoms in total. The van der Waals surface area contributed by atoms with Crippen molar-refractivity contribution >= 4 is 10.8 Å². The zero-order valence-corrected chi connectivity index (χ0v) is 14.2. The van der Waals surface area contributed by atoms with Crippen LogP contribution in [0.1, 0.15) is 16.8 Å². The van der Waals surface area contributed by atoms with Gasteiger partial charge in [-0.25, -0.2) is 0 Å². The molecule has 1 aromatic heterocycles. The standard InChI is InChI=1S/C23H17N3/c24-17-23(22-16-25-12-13-26-22,15-18-6-2-1-3-7-18)21-11-10-19-8-4-5-9-20(19)14-21/h1-14,16H,15H2. The molecule has 124 valence electrons. The lowest BCUT2D eigenvalue weighted by atomic mass is 9.74. The highest BCUT2D eigenvalue weighted by atomic mass is 14.8. The summed E-state index contributed by atoms with van der Waals surface area (Å²) in [5.41, 5.74) is 1.80. The van der Waals surface area contributed by atoms with Crippen LogP contribution >= 0.6 is 0 Å². The van der Waals surface area contributed by atoms with E-state index >= 15 is 0 Å². The molecule has 0 fully saturated rings. The lowest BCUT2D eigenvalue weighted by molar-refractivity contribution is 0.627. The molecule has 0 saturated carbocycles. The first-order chi connectivity index (χ1) is 12.8. The van der Waals surface area contributed by atoms with Crippen LogP contribution < -0.4 is 0 Å². The number of hydrogen-bond donors (Lipinski definition) is 0. The normalized spacial score (nSPS) is 13.0. The molecule has 4 aromatic rings. The molecular weight excluding hydrogens is 318 g/mol. The molecule has 0 bridgehead atoms. The van der Waals surface area contributed by atoms with Crippen molar-refractivity contribution in [2.75, 3.05) is 0 Å². The van der Waals surface area contributed by atoms with E-state index in [1.54, 1.807) is 18.6 Å². The highest BCUT2D eigenvalue weighted by molar-refractivity contribution is 5.83. The van der Waals surface area contributed by atoms with Crippen LogP contribution in [0.25, 0.3) is 10.8 Å². The summed E-state index contributed by atoms with van der Waals surface area (Å²) in [4.78, 5) is 8.70. The van der Waals surface area contributed by atoms with Gasteiger partial charge in [-0.1, -0.05) is 66.7 Å². The van der Waals surface area contributed by atoms with E-state index in [0.717, 1.165) is 21.9 Å². The third-order valence-electron chi connectivity index (χ3n) is 4.75. The molecule has 26 heavy (non-hydrogen) atoms. The van der Waals surface area contributed by atoms with Crippen LogP contribution in [0.2, 0.25) is 0 Å². The van der Waals surface area contributed by atoms with E-state index in [-0.39, 0.29) is 0 Å². The Hall–Kier alpha value is -3.51. The Morgan fingerprint density at radius 3 is 2.35 bits per heavy atom. The second kappa shape index (κ2) is 6.78. The highest BCUT2D eigenvalue weighted by Crippen LogP contribution is 2.35. The van der Waals surface area contributed by atoms with E-state index in [4.69, 9.17) is 0 Å². The van der Waals surface area contributed by atoms with E-state index < -0.39 is 5.41 Å². The fraction of sp³-hybridized carbons (Fsp3) is 0.0870. The summed E-state index contributed by atoms with van der Waals surface area (Å²) in [7, 11) is 0. The summed E-state index contributed by atoms with van der Waals surface area (Å²) < 4.78 is 0. The molecule has 1 unspecified atom stereocenters. The zero-order valence-electron chi connectivity index (χ0n) is 14.2. The lowest BCUT2D eigenvalue weighted by Gasteiger charge is -2.27. The van der Waals surface area contributed by atoms with Crippen molar-refractivity contribution in [1.29, 1.82) is 5.26 Å². The molecule has 0 aliphatic heterocycles. The Labute approximate surface area is 152 Å². The average molecular weight is 335 g/mol. The molecule has 0 aliphatic rings. The minimum Gasteiger partial charge on any atom is -0.261 e. The summed E-state index contributed by atoms with van der Waals surface area (Å²) in [6.45, 7) is 0. The summed E-state index contributed by atoms with van der Waals surface area (Å²) >= 11 is 0. The third-order valence-corrected chi connectivity index (χ3v) is 4.75. The van der Waals surface area contributed by atoms with E-state index in [1.165, 1.54) is 0 Å². The Kier molecular flexibility index (Phi) is 4.17. The van der Waals surface area contributed by atoms with Gasteiger partial charge in [0, 0.05) is 18.8 Å². The van der Waals surface area contributed by atoms with Crippen LogP contribution in [-0.2, 0) is 11.8 Å². The second-order valence-electron chi connectivity index (χ2n) is 6.33. The largest absolute Gasteiger partial charge is 0.261 e. The Bertz CT molecular complexity index is 1070. The van der Waals surface area contributed by atoms with Gasteiger partial charge in [0.15, 0.2) is 0 Å². The molecule has 0 spiro atoms. The second-order valence-corrected chi connectivity index (χ2v) is 6.33. The molecule has 0 radical (unpaired) electrons. The van der Waals surface area contributed by atoms with Gasteiger partial charge < -0.3 is 0 Å². The van der Waals surface area contributed by atoms with Gasteiger partial charge in [-0.15, -0.1) is 0 Å². The predicted octanol–water partition coefficient (Wildman–Crippen LogP) is 4.68. The van der Waals surface area contributed by atoms with E-state index in [2.05, 4.69) is 40.3 Å². The Morgan fingerprint density at radius 2 is 1.62 bits per heavy atom. The molecule has 3 aromatic carbocycles. The van der Waals surface area contributed by atoms with Crippen LogP contribution in [-0.4, -0.2) is 9.97 Å². The van der Waals surface area contributed by atoms with Crippen LogP contribution in [0.4, 0.5) is 0 Å². The molecule has 0 saturated heterocycles. The zero-order chi connectivity index (χ0) is 17.8. The number of benzene rings is 3. The van der Waals surface area contributed by atoms with Crippen LogP contribution in [0, 0.1) is 11.3 Å². The minimum absolute atomic E-state index is 0.543. The number of nitriles is 1. The Balaban J connectivity index is 1.93. The summed E-state index contributed by atoms with van der Waals surface area (Å²) in [6, 6.07) is 27.0. The van der Waals surface area contributed by atoms with E-state index in [0.29, 0.717) is 12.1 Å². The van der Waals surface area contributed by atoms with Crippen molar-refractivity contribution in [3.05, 3.63) is 108 Å². The number of fused-ring (bicyclic) bond motifs is 1. The molecule has 4 rings (SSSR count). The quantitative estimate of drug-likeness (QED) is 0.544. The van der Waals surface area contributed by atoms with Gasteiger partial charge in [0.25, 0.3) is 0 Å². The number of rotatable bonds is 4. The molecule has 1 atom stereocenters. The van der Waals surface area contributed by atoms with Gasteiger partial charge in [0.2, 0.25) is 0 Å². The fourth-order valence-electron chi connectivity index (χ4n) is 3.38. The summed E-state index contributed by atoms with van der Waals surface area (Å²) in [5, 5.41) is 12.6. The van der Waals surface area contributed by atoms with Crippen molar-refractivity contribution in [3.8, 4) is 6.07 Å².